The van der Waals surface area contributed by atoms with E-state index in [1.165, 1.54) is 4.90 Å². The molecule has 0 aromatic heterocycles. The second kappa shape index (κ2) is 11.5. The van der Waals surface area contributed by atoms with Crippen LogP contribution in [0.1, 0.15) is 49.4 Å². The van der Waals surface area contributed by atoms with Gasteiger partial charge in [0.05, 0.1) is 11.9 Å². The molecule has 0 aliphatic rings. The minimum atomic E-state index is -3.74. The zero-order valence-corrected chi connectivity index (χ0v) is 22.1. The van der Waals surface area contributed by atoms with Crippen LogP contribution in [0.2, 0.25) is 0 Å². The van der Waals surface area contributed by atoms with Crippen molar-refractivity contribution in [2.45, 2.75) is 66.6 Å². The fourth-order valence-electron chi connectivity index (χ4n) is 3.90. The quantitative estimate of drug-likeness (QED) is 0.554. The summed E-state index contributed by atoms with van der Waals surface area (Å²) in [5, 5.41) is 2.89. The summed E-state index contributed by atoms with van der Waals surface area (Å²) < 4.78 is 26.5. The first-order valence-electron chi connectivity index (χ1n) is 11.5. The van der Waals surface area contributed by atoms with Gasteiger partial charge in [0.25, 0.3) is 0 Å². The van der Waals surface area contributed by atoms with E-state index < -0.39 is 22.0 Å². The number of benzene rings is 2. The molecule has 0 spiro atoms. The predicted molar refractivity (Wildman–Crippen MR) is 137 cm³/mol. The number of carbonyl (C=O) groups is 2. The average Bonchev–Trinajstić information content (AvgIpc) is 2.71. The lowest BCUT2D eigenvalue weighted by Gasteiger charge is -2.33. The van der Waals surface area contributed by atoms with Crippen molar-refractivity contribution in [2.75, 3.05) is 17.1 Å². The molecule has 0 saturated carbocycles. The number of aryl methyl sites for hydroxylation is 3. The average molecular weight is 488 g/mol. The van der Waals surface area contributed by atoms with Gasteiger partial charge in [0.2, 0.25) is 21.8 Å². The van der Waals surface area contributed by atoms with Gasteiger partial charge in [-0.3, -0.25) is 13.9 Å². The number of amides is 2. The molecule has 186 valence electrons. The number of sulfonamides is 1. The fourth-order valence-corrected chi connectivity index (χ4v) is 4.73. The number of carbonyl (C=O) groups excluding carboxylic acids is 2. The maximum absolute atomic E-state index is 13.6. The molecule has 0 heterocycles. The molecule has 7 nitrogen and oxygen atoms in total. The Bertz CT molecular complexity index is 1090. The Morgan fingerprint density at radius 2 is 1.50 bits per heavy atom. The van der Waals surface area contributed by atoms with Gasteiger partial charge in [-0.25, -0.2) is 8.42 Å². The Labute approximate surface area is 204 Å². The number of nitrogens with one attached hydrogen (secondary N) is 1. The van der Waals surface area contributed by atoms with Crippen molar-refractivity contribution in [3.05, 3.63) is 64.7 Å². The highest BCUT2D eigenvalue weighted by Crippen LogP contribution is 2.22. The molecule has 2 aromatic carbocycles. The summed E-state index contributed by atoms with van der Waals surface area (Å²) in [5.41, 5.74) is 4.19. The summed E-state index contributed by atoms with van der Waals surface area (Å²) in [6.07, 6.45) is 1.49. The molecule has 2 rings (SSSR count). The number of hydrogen-bond acceptors (Lipinski definition) is 4. The molecule has 0 radical (unpaired) electrons. The van der Waals surface area contributed by atoms with Gasteiger partial charge in [0.15, 0.2) is 0 Å². The normalized spacial score (nSPS) is 12.4. The van der Waals surface area contributed by atoms with Crippen LogP contribution in [0.25, 0.3) is 0 Å². The third-order valence-electron chi connectivity index (χ3n) is 5.46. The minimum absolute atomic E-state index is 0.0827. The van der Waals surface area contributed by atoms with E-state index in [9.17, 15) is 18.0 Å². The van der Waals surface area contributed by atoms with Crippen LogP contribution in [0, 0.1) is 20.8 Å². The molecule has 2 amide bonds. The van der Waals surface area contributed by atoms with Crippen LogP contribution in [0.4, 0.5) is 5.69 Å². The highest BCUT2D eigenvalue weighted by Gasteiger charge is 2.32. The number of hydrogen-bond donors (Lipinski definition) is 1. The monoisotopic (exact) mass is 487 g/mol. The van der Waals surface area contributed by atoms with Gasteiger partial charge < -0.3 is 10.2 Å². The van der Waals surface area contributed by atoms with Gasteiger partial charge in [-0.15, -0.1) is 0 Å². The highest BCUT2D eigenvalue weighted by atomic mass is 32.2. The first kappa shape index (κ1) is 27.4. The van der Waals surface area contributed by atoms with Crippen LogP contribution in [0.5, 0.6) is 0 Å². The number of rotatable bonds is 10. The fraction of sp³-hybridized carbons (Fsp3) is 0.462. The van der Waals surface area contributed by atoms with Crippen molar-refractivity contribution in [3.63, 3.8) is 0 Å². The van der Waals surface area contributed by atoms with Gasteiger partial charge in [-0.2, -0.15) is 0 Å². The van der Waals surface area contributed by atoms with E-state index in [2.05, 4.69) is 5.32 Å². The van der Waals surface area contributed by atoms with Crippen molar-refractivity contribution < 1.29 is 18.0 Å². The lowest BCUT2D eigenvalue weighted by Crippen LogP contribution is -2.53. The topological polar surface area (TPSA) is 86.8 Å². The van der Waals surface area contributed by atoms with Gasteiger partial charge >= 0.3 is 0 Å². The van der Waals surface area contributed by atoms with Crippen molar-refractivity contribution in [2.24, 2.45) is 0 Å². The second-order valence-corrected chi connectivity index (χ2v) is 11.1. The smallest absolute Gasteiger partial charge is 0.244 e. The molecule has 0 aliphatic carbocycles. The molecule has 1 atom stereocenters. The van der Waals surface area contributed by atoms with E-state index in [0.29, 0.717) is 12.1 Å². The van der Waals surface area contributed by atoms with Crippen LogP contribution in [0.15, 0.2) is 42.5 Å². The van der Waals surface area contributed by atoms with E-state index in [1.807, 2.05) is 71.9 Å². The SMILES string of the molecule is CCC(C(=O)NC(C)C)N(Cc1ccc(C)cc1)C(=O)CN(c1cc(C)cc(C)c1)S(C)(=O)=O. The molecule has 8 heteroatoms. The molecule has 0 bridgehead atoms. The van der Waals surface area contributed by atoms with Crippen LogP contribution >= 0.6 is 0 Å². The summed E-state index contributed by atoms with van der Waals surface area (Å²) in [7, 11) is -3.74. The Morgan fingerprint density at radius 3 is 1.97 bits per heavy atom. The predicted octanol–water partition coefficient (Wildman–Crippen LogP) is 3.71. The lowest BCUT2D eigenvalue weighted by atomic mass is 10.1. The Kier molecular flexibility index (Phi) is 9.27. The van der Waals surface area contributed by atoms with Gasteiger partial charge in [0, 0.05) is 12.6 Å². The lowest BCUT2D eigenvalue weighted by molar-refractivity contribution is -0.140. The van der Waals surface area contributed by atoms with Crippen LogP contribution < -0.4 is 9.62 Å². The summed E-state index contributed by atoms with van der Waals surface area (Å²) in [5.74, 6) is -0.689. The molecule has 1 unspecified atom stereocenters. The van der Waals surface area contributed by atoms with Gasteiger partial charge in [-0.1, -0.05) is 42.8 Å². The van der Waals surface area contributed by atoms with Crippen LogP contribution in [-0.2, 0) is 26.2 Å². The summed E-state index contributed by atoms with van der Waals surface area (Å²) in [4.78, 5) is 28.1. The first-order valence-corrected chi connectivity index (χ1v) is 13.4. The first-order chi connectivity index (χ1) is 15.8. The van der Waals surface area contributed by atoms with Gasteiger partial charge in [-0.05, 0) is 69.9 Å². The van der Waals surface area contributed by atoms with E-state index in [1.54, 1.807) is 12.1 Å². The van der Waals surface area contributed by atoms with E-state index in [4.69, 9.17) is 0 Å². The van der Waals surface area contributed by atoms with Crippen molar-refractivity contribution >= 4 is 27.5 Å². The standard InChI is InChI=1S/C26H37N3O4S/c1-8-24(26(31)27-18(2)3)28(16-22-11-9-19(4)10-12-22)25(30)17-29(34(7,32)33)23-14-20(5)13-21(6)15-23/h9-15,18,24H,8,16-17H2,1-7H3,(H,27,31). The maximum atomic E-state index is 13.6. The van der Waals surface area contributed by atoms with Crippen LogP contribution in [0.3, 0.4) is 0 Å². The van der Waals surface area contributed by atoms with E-state index in [0.717, 1.165) is 32.8 Å². The molecule has 2 aromatic rings. The van der Waals surface area contributed by atoms with Crippen molar-refractivity contribution in [1.82, 2.24) is 10.2 Å². The largest absolute Gasteiger partial charge is 0.352 e. The maximum Gasteiger partial charge on any atom is 0.244 e. The third-order valence-corrected chi connectivity index (χ3v) is 6.60. The summed E-state index contributed by atoms with van der Waals surface area (Å²) in [6.45, 7) is 11.1. The molecular formula is C26H37N3O4S. The van der Waals surface area contributed by atoms with Crippen molar-refractivity contribution in [1.29, 1.82) is 0 Å². The number of nitrogens with zero attached hydrogens (tertiary/aromatic N) is 2. The Hall–Kier alpha value is -2.87. The second-order valence-electron chi connectivity index (χ2n) is 9.21. The number of anilines is 1. The summed E-state index contributed by atoms with van der Waals surface area (Å²) in [6, 6.07) is 12.4. The Morgan fingerprint density at radius 1 is 0.941 bits per heavy atom. The van der Waals surface area contributed by atoms with E-state index >= 15 is 0 Å². The van der Waals surface area contributed by atoms with Crippen LogP contribution in [-0.4, -0.2) is 50.0 Å². The molecule has 0 fully saturated rings. The zero-order chi connectivity index (χ0) is 25.6. The third kappa shape index (κ3) is 7.58. The van der Waals surface area contributed by atoms with Crippen molar-refractivity contribution in [3.8, 4) is 0 Å². The highest BCUT2D eigenvalue weighted by molar-refractivity contribution is 7.92. The van der Waals surface area contributed by atoms with Gasteiger partial charge in [0.1, 0.15) is 12.6 Å². The van der Waals surface area contributed by atoms with E-state index in [-0.39, 0.29) is 25.0 Å². The minimum Gasteiger partial charge on any atom is -0.352 e. The Balaban J connectivity index is 2.46. The summed E-state index contributed by atoms with van der Waals surface area (Å²) >= 11 is 0. The molecule has 1 N–H and O–H groups in total. The molecule has 0 saturated heterocycles. The zero-order valence-electron chi connectivity index (χ0n) is 21.3. The molecule has 0 aliphatic heterocycles. The molecular weight excluding hydrogens is 450 g/mol. The molecule has 34 heavy (non-hydrogen) atoms.